The van der Waals surface area contributed by atoms with Crippen LogP contribution >= 0.6 is 11.8 Å². The number of benzene rings is 2. The quantitative estimate of drug-likeness (QED) is 0.473. The molecule has 2 amide bonds. The molecule has 5 heteroatoms. The Bertz CT molecular complexity index is 752. The van der Waals surface area contributed by atoms with E-state index in [0.29, 0.717) is 25.3 Å². The molecular formula is C25H34N2O2S. The predicted molar refractivity (Wildman–Crippen MR) is 126 cm³/mol. The smallest absolute Gasteiger partial charge is 0.242 e. The number of nitrogens with one attached hydrogen (secondary N) is 1. The lowest BCUT2D eigenvalue weighted by atomic mass is 10.1. The second-order valence-corrected chi connectivity index (χ2v) is 8.36. The Morgan fingerprint density at radius 3 is 2.20 bits per heavy atom. The lowest BCUT2D eigenvalue weighted by Crippen LogP contribution is -2.50. The molecule has 2 aromatic carbocycles. The Morgan fingerprint density at radius 2 is 1.60 bits per heavy atom. The van der Waals surface area contributed by atoms with Crippen LogP contribution in [-0.2, 0) is 21.8 Å². The van der Waals surface area contributed by atoms with Crippen molar-refractivity contribution in [3.8, 4) is 0 Å². The average molecular weight is 427 g/mol. The first-order chi connectivity index (χ1) is 14.7. The third-order valence-corrected chi connectivity index (χ3v) is 6.03. The fraction of sp³-hybridized carbons (Fsp3) is 0.440. The standard InChI is InChI=1S/C25H34N2O2S/c1-3-5-17-26-25(29)23(4-2)27(18-16-21-12-8-6-9-13-21)24(28)20-30-19-22-14-10-7-11-15-22/h6-15,23H,3-5,16-20H2,1-2H3,(H,26,29)/t23-/m1/s1. The maximum Gasteiger partial charge on any atom is 0.242 e. The van der Waals surface area contributed by atoms with Crippen LogP contribution in [0, 0.1) is 0 Å². The number of thioether (sulfide) groups is 1. The van der Waals surface area contributed by atoms with Crippen LogP contribution in [0.25, 0.3) is 0 Å². The van der Waals surface area contributed by atoms with E-state index >= 15 is 0 Å². The van der Waals surface area contributed by atoms with Crippen molar-refractivity contribution < 1.29 is 9.59 Å². The van der Waals surface area contributed by atoms with Crippen molar-refractivity contribution in [3.63, 3.8) is 0 Å². The zero-order valence-electron chi connectivity index (χ0n) is 18.2. The molecule has 1 N–H and O–H groups in total. The SMILES string of the molecule is CCCCNC(=O)[C@@H](CC)N(CCc1ccccc1)C(=O)CSCc1ccccc1. The van der Waals surface area contributed by atoms with E-state index < -0.39 is 6.04 Å². The second-order valence-electron chi connectivity index (χ2n) is 7.37. The first-order valence-electron chi connectivity index (χ1n) is 10.9. The molecule has 0 aromatic heterocycles. The summed E-state index contributed by atoms with van der Waals surface area (Å²) in [4.78, 5) is 27.7. The minimum atomic E-state index is -0.421. The highest BCUT2D eigenvalue weighted by Gasteiger charge is 2.27. The van der Waals surface area contributed by atoms with Crippen LogP contribution in [-0.4, -0.2) is 41.6 Å². The van der Waals surface area contributed by atoms with Crippen LogP contribution in [0.5, 0.6) is 0 Å². The molecule has 0 saturated heterocycles. The highest BCUT2D eigenvalue weighted by Crippen LogP contribution is 2.15. The number of rotatable bonds is 13. The number of carbonyl (C=O) groups is 2. The second kappa shape index (κ2) is 13.9. The zero-order chi connectivity index (χ0) is 21.6. The molecule has 4 nitrogen and oxygen atoms in total. The van der Waals surface area contributed by atoms with E-state index in [1.54, 1.807) is 16.7 Å². The summed E-state index contributed by atoms with van der Waals surface area (Å²) in [5.74, 6) is 1.16. The number of unbranched alkanes of at least 4 members (excludes halogenated alkanes) is 1. The van der Waals surface area contributed by atoms with E-state index in [9.17, 15) is 9.59 Å². The van der Waals surface area contributed by atoms with Gasteiger partial charge in [0.2, 0.25) is 11.8 Å². The van der Waals surface area contributed by atoms with Crippen LogP contribution in [0.2, 0.25) is 0 Å². The third-order valence-electron chi connectivity index (χ3n) is 5.04. The van der Waals surface area contributed by atoms with Crippen LogP contribution < -0.4 is 5.32 Å². The molecule has 0 unspecified atom stereocenters. The van der Waals surface area contributed by atoms with Gasteiger partial charge in [0.25, 0.3) is 0 Å². The monoisotopic (exact) mass is 426 g/mol. The highest BCUT2D eigenvalue weighted by molar-refractivity contribution is 7.99. The van der Waals surface area contributed by atoms with Gasteiger partial charge in [-0.1, -0.05) is 80.9 Å². The Hall–Kier alpha value is -2.27. The fourth-order valence-electron chi connectivity index (χ4n) is 3.32. The predicted octanol–water partition coefficient (Wildman–Crippen LogP) is 4.69. The molecule has 0 heterocycles. The lowest BCUT2D eigenvalue weighted by molar-refractivity contribution is -0.138. The first kappa shape index (κ1) is 24.0. The molecule has 1 atom stereocenters. The molecule has 0 aliphatic carbocycles. The minimum absolute atomic E-state index is 0.0318. The highest BCUT2D eigenvalue weighted by atomic mass is 32.2. The number of hydrogen-bond donors (Lipinski definition) is 1. The summed E-state index contributed by atoms with van der Waals surface area (Å²) in [7, 11) is 0. The van der Waals surface area contributed by atoms with Crippen LogP contribution in [0.1, 0.15) is 44.2 Å². The van der Waals surface area contributed by atoms with Crippen LogP contribution in [0.3, 0.4) is 0 Å². The van der Waals surface area contributed by atoms with Gasteiger partial charge in [-0.3, -0.25) is 9.59 Å². The van der Waals surface area contributed by atoms with Crippen LogP contribution in [0.4, 0.5) is 0 Å². The van der Waals surface area contributed by atoms with E-state index in [2.05, 4.69) is 36.5 Å². The number of carbonyl (C=O) groups excluding carboxylic acids is 2. The molecule has 2 aromatic rings. The van der Waals surface area contributed by atoms with Crippen molar-refractivity contribution in [1.29, 1.82) is 0 Å². The van der Waals surface area contributed by atoms with Crippen molar-refractivity contribution in [2.45, 2.75) is 51.3 Å². The third kappa shape index (κ3) is 8.23. The van der Waals surface area contributed by atoms with E-state index in [1.165, 1.54) is 11.1 Å². The molecule has 2 rings (SSSR count). The Labute approximate surface area is 185 Å². The van der Waals surface area contributed by atoms with Crippen molar-refractivity contribution in [2.75, 3.05) is 18.8 Å². The van der Waals surface area contributed by atoms with Gasteiger partial charge in [-0.25, -0.2) is 0 Å². The normalized spacial score (nSPS) is 11.7. The summed E-state index contributed by atoms with van der Waals surface area (Å²) in [6.07, 6.45) is 3.34. The maximum atomic E-state index is 13.1. The fourth-order valence-corrected chi connectivity index (χ4v) is 4.19. The van der Waals surface area contributed by atoms with Gasteiger partial charge in [-0.05, 0) is 30.4 Å². The first-order valence-corrected chi connectivity index (χ1v) is 12.0. The zero-order valence-corrected chi connectivity index (χ0v) is 19.0. The number of nitrogens with zero attached hydrogens (tertiary/aromatic N) is 1. The summed E-state index contributed by atoms with van der Waals surface area (Å²) >= 11 is 1.60. The Balaban J connectivity index is 2.01. The van der Waals surface area contributed by atoms with Gasteiger partial charge in [-0.15, -0.1) is 11.8 Å². The largest absolute Gasteiger partial charge is 0.354 e. The Morgan fingerprint density at radius 1 is 0.967 bits per heavy atom. The van der Waals surface area contributed by atoms with Gasteiger partial charge in [-0.2, -0.15) is 0 Å². The summed E-state index contributed by atoms with van der Waals surface area (Å²) in [6, 6.07) is 19.9. The summed E-state index contributed by atoms with van der Waals surface area (Å²) in [5.41, 5.74) is 2.38. The van der Waals surface area contributed by atoms with Crippen molar-refractivity contribution in [3.05, 3.63) is 71.8 Å². The average Bonchev–Trinajstić information content (AvgIpc) is 2.78. The van der Waals surface area contributed by atoms with Gasteiger partial charge in [0.1, 0.15) is 6.04 Å². The topological polar surface area (TPSA) is 49.4 Å². The van der Waals surface area contributed by atoms with Gasteiger partial charge in [0.05, 0.1) is 5.75 Å². The molecule has 0 radical (unpaired) electrons. The summed E-state index contributed by atoms with van der Waals surface area (Å²) < 4.78 is 0. The maximum absolute atomic E-state index is 13.1. The Kier molecular flexibility index (Phi) is 11.1. The van der Waals surface area contributed by atoms with Gasteiger partial charge < -0.3 is 10.2 Å². The number of amides is 2. The van der Waals surface area contributed by atoms with Crippen molar-refractivity contribution in [1.82, 2.24) is 10.2 Å². The molecule has 0 aliphatic heterocycles. The van der Waals surface area contributed by atoms with Crippen molar-refractivity contribution >= 4 is 23.6 Å². The van der Waals surface area contributed by atoms with E-state index in [0.717, 1.165) is 25.0 Å². The van der Waals surface area contributed by atoms with Crippen LogP contribution in [0.15, 0.2) is 60.7 Å². The molecule has 0 bridgehead atoms. The van der Waals surface area contributed by atoms with Gasteiger partial charge in [0.15, 0.2) is 0 Å². The molecule has 162 valence electrons. The molecular weight excluding hydrogens is 392 g/mol. The van der Waals surface area contributed by atoms with Gasteiger partial charge in [0, 0.05) is 18.8 Å². The lowest BCUT2D eigenvalue weighted by Gasteiger charge is -2.30. The number of hydrogen-bond acceptors (Lipinski definition) is 3. The minimum Gasteiger partial charge on any atom is -0.354 e. The van der Waals surface area contributed by atoms with E-state index in [1.807, 2.05) is 43.3 Å². The molecule has 0 aliphatic rings. The van der Waals surface area contributed by atoms with E-state index in [-0.39, 0.29) is 11.8 Å². The molecule has 0 saturated carbocycles. The summed E-state index contributed by atoms with van der Waals surface area (Å²) in [5, 5.41) is 3.01. The molecule has 0 spiro atoms. The van der Waals surface area contributed by atoms with Crippen molar-refractivity contribution in [2.24, 2.45) is 0 Å². The van der Waals surface area contributed by atoms with Gasteiger partial charge >= 0.3 is 0 Å². The van der Waals surface area contributed by atoms with E-state index in [4.69, 9.17) is 0 Å². The summed E-state index contributed by atoms with van der Waals surface area (Å²) in [6.45, 7) is 5.29. The molecule has 0 fully saturated rings. The molecule has 30 heavy (non-hydrogen) atoms.